The molecule has 0 bridgehead atoms. The summed E-state index contributed by atoms with van der Waals surface area (Å²) >= 11 is 0. The molecule has 12 heteroatoms. The Morgan fingerprint density at radius 1 is 0.914 bits per heavy atom. The Bertz CT molecular complexity index is 876. The smallest absolute Gasteiger partial charge is 0.480 e. The topological polar surface area (TPSA) is 161 Å². The highest BCUT2D eigenvalue weighted by atomic mass is 35.5. The van der Waals surface area contributed by atoms with Gasteiger partial charge in [0.05, 0.1) is 19.1 Å². The molecule has 0 aromatic heterocycles. The van der Waals surface area contributed by atoms with E-state index in [1.165, 1.54) is 18.2 Å². The molecule has 0 fully saturated rings. The quantitative estimate of drug-likeness (QED) is 0.248. The van der Waals surface area contributed by atoms with Gasteiger partial charge >= 0.3 is 24.2 Å². The van der Waals surface area contributed by atoms with Gasteiger partial charge < -0.3 is 34.5 Å². The van der Waals surface area contributed by atoms with Crippen LogP contribution in [0.15, 0.2) is 18.2 Å². The Labute approximate surface area is 210 Å². The number of ether oxygens (including phenoxy) is 5. The molecule has 0 spiro atoms. The van der Waals surface area contributed by atoms with Gasteiger partial charge in [-0.15, -0.1) is 12.4 Å². The minimum Gasteiger partial charge on any atom is -0.480 e. The predicted molar refractivity (Wildman–Crippen MR) is 127 cm³/mol. The van der Waals surface area contributed by atoms with E-state index in [4.69, 9.17) is 29.4 Å². The summed E-state index contributed by atoms with van der Waals surface area (Å²) in [6.07, 6.45) is -2.76. The van der Waals surface area contributed by atoms with Crippen LogP contribution < -0.4 is 15.2 Å². The van der Waals surface area contributed by atoms with Gasteiger partial charge in [0.15, 0.2) is 11.5 Å². The van der Waals surface area contributed by atoms with E-state index < -0.39 is 48.2 Å². The van der Waals surface area contributed by atoms with E-state index in [2.05, 4.69) is 0 Å². The second-order valence-corrected chi connectivity index (χ2v) is 7.82. The van der Waals surface area contributed by atoms with Crippen LogP contribution in [0.5, 0.6) is 11.5 Å². The van der Waals surface area contributed by atoms with Crippen LogP contribution in [0.3, 0.4) is 0 Å². The zero-order valence-corrected chi connectivity index (χ0v) is 21.5. The molecule has 0 heterocycles. The first-order valence-electron chi connectivity index (χ1n) is 10.9. The van der Waals surface area contributed by atoms with Crippen molar-refractivity contribution in [3.8, 4) is 11.5 Å². The third kappa shape index (κ3) is 9.61. The number of rotatable bonds is 11. The second-order valence-electron chi connectivity index (χ2n) is 7.82. The monoisotopic (exact) mass is 519 g/mol. The number of carbonyl (C=O) groups is 4. The highest BCUT2D eigenvalue weighted by Crippen LogP contribution is 2.37. The third-order valence-electron chi connectivity index (χ3n) is 5.02. The average molecular weight is 520 g/mol. The third-order valence-corrected chi connectivity index (χ3v) is 5.02. The normalized spacial score (nSPS) is 13.9. The molecule has 35 heavy (non-hydrogen) atoms. The number of hydrogen-bond acceptors (Lipinski definition) is 10. The maximum Gasteiger partial charge on any atom is 0.513 e. The molecule has 11 nitrogen and oxygen atoms in total. The van der Waals surface area contributed by atoms with Crippen LogP contribution in [0.2, 0.25) is 0 Å². The van der Waals surface area contributed by atoms with Gasteiger partial charge in [0, 0.05) is 11.8 Å². The minimum atomic E-state index is -1.39. The summed E-state index contributed by atoms with van der Waals surface area (Å²) in [7, 11) is 0. The molecule has 198 valence electrons. The maximum atomic E-state index is 12.1. The molecule has 0 aliphatic carbocycles. The fourth-order valence-electron chi connectivity index (χ4n) is 3.08. The first kappa shape index (κ1) is 31.9. The molecule has 0 amide bonds. The van der Waals surface area contributed by atoms with E-state index in [9.17, 15) is 24.3 Å². The fraction of sp³-hybridized carbons (Fsp3) is 0.565. The van der Waals surface area contributed by atoms with E-state index in [1.807, 2.05) is 0 Å². The Morgan fingerprint density at radius 2 is 1.43 bits per heavy atom. The van der Waals surface area contributed by atoms with Gasteiger partial charge in [0.25, 0.3) is 0 Å². The predicted octanol–water partition coefficient (Wildman–Crippen LogP) is 3.90. The van der Waals surface area contributed by atoms with Crippen molar-refractivity contribution in [1.82, 2.24) is 0 Å². The van der Waals surface area contributed by atoms with Crippen LogP contribution >= 0.6 is 12.4 Å². The maximum absolute atomic E-state index is 12.1. The molecular formula is C23H34ClNO10. The highest BCUT2D eigenvalue weighted by Gasteiger charge is 2.36. The highest BCUT2D eigenvalue weighted by molar-refractivity contribution is 5.85. The first-order chi connectivity index (χ1) is 15.9. The Morgan fingerprint density at radius 3 is 1.89 bits per heavy atom. The summed E-state index contributed by atoms with van der Waals surface area (Å²) in [5.41, 5.74) is 6.35. The summed E-state index contributed by atoms with van der Waals surface area (Å²) in [5.74, 6) is -3.86. The number of nitrogens with two attached hydrogens (primary N) is 1. The summed E-state index contributed by atoms with van der Waals surface area (Å²) in [6, 6.07) is 2.74. The van der Waals surface area contributed by atoms with E-state index in [1.54, 1.807) is 41.5 Å². The second kappa shape index (κ2) is 15.0. The molecule has 0 radical (unpaired) electrons. The molecule has 0 saturated carbocycles. The molecular weight excluding hydrogens is 486 g/mol. The standard InChI is InChI=1S/C23H33NO10.ClH/c1-7-30-22(28)33-16-10-9-15(11-17(16)34-23(29)31-8-2)18(19(24)20(25)26)13(5)14(6)32-21(27)12(3)4;/h9-14,18-19H,7-8,24H2,1-6H3,(H,25,26);1H/t13-,14+,18?,19-;/m0./s1. The molecule has 0 aliphatic heterocycles. The van der Waals surface area contributed by atoms with Gasteiger partial charge in [-0.3, -0.25) is 9.59 Å². The number of carboxylic acid groups (broad SMARTS) is 1. The molecule has 1 rings (SSSR count). The minimum absolute atomic E-state index is 0. The number of hydrogen-bond donors (Lipinski definition) is 2. The zero-order chi connectivity index (χ0) is 26.0. The number of carbonyl (C=O) groups excluding carboxylic acids is 3. The van der Waals surface area contributed by atoms with Crippen LogP contribution in [0, 0.1) is 11.8 Å². The Kier molecular flexibility index (Phi) is 13.7. The van der Waals surface area contributed by atoms with E-state index in [-0.39, 0.29) is 43.0 Å². The lowest BCUT2D eigenvalue weighted by molar-refractivity contribution is -0.155. The molecule has 1 aromatic rings. The number of carboxylic acids is 1. The average Bonchev–Trinajstić information content (AvgIpc) is 2.75. The van der Waals surface area contributed by atoms with Crippen molar-refractivity contribution in [2.24, 2.45) is 17.6 Å². The van der Waals surface area contributed by atoms with Crippen molar-refractivity contribution < 1.29 is 48.0 Å². The van der Waals surface area contributed by atoms with Gasteiger partial charge in [-0.1, -0.05) is 26.8 Å². The number of esters is 1. The Hall–Kier alpha value is -3.05. The van der Waals surface area contributed by atoms with Crippen molar-refractivity contribution in [2.45, 2.75) is 59.6 Å². The van der Waals surface area contributed by atoms with E-state index >= 15 is 0 Å². The lowest BCUT2D eigenvalue weighted by Crippen LogP contribution is -2.43. The van der Waals surface area contributed by atoms with Gasteiger partial charge in [-0.2, -0.15) is 0 Å². The van der Waals surface area contributed by atoms with Crippen LogP contribution in [-0.4, -0.2) is 54.7 Å². The summed E-state index contributed by atoms with van der Waals surface area (Å²) in [5, 5.41) is 9.61. The van der Waals surface area contributed by atoms with Crippen LogP contribution in [0.4, 0.5) is 9.59 Å². The Balaban J connectivity index is 0.0000116. The van der Waals surface area contributed by atoms with Gasteiger partial charge in [0.2, 0.25) is 0 Å². The van der Waals surface area contributed by atoms with Gasteiger partial charge in [-0.25, -0.2) is 9.59 Å². The zero-order valence-electron chi connectivity index (χ0n) is 20.6. The molecule has 1 unspecified atom stereocenters. The van der Waals surface area contributed by atoms with E-state index in [0.29, 0.717) is 5.56 Å². The number of benzene rings is 1. The summed E-state index contributed by atoms with van der Waals surface area (Å²) in [6.45, 7) is 9.97. The van der Waals surface area contributed by atoms with Crippen molar-refractivity contribution in [3.63, 3.8) is 0 Å². The summed E-state index contributed by atoms with van der Waals surface area (Å²) < 4.78 is 25.2. The molecule has 1 aromatic carbocycles. The van der Waals surface area contributed by atoms with Crippen molar-refractivity contribution >= 4 is 36.7 Å². The molecule has 0 aliphatic rings. The number of aliphatic carboxylic acids is 1. The van der Waals surface area contributed by atoms with Crippen LogP contribution in [0.1, 0.15) is 53.0 Å². The largest absolute Gasteiger partial charge is 0.513 e. The molecule has 0 saturated heterocycles. The van der Waals surface area contributed by atoms with Gasteiger partial charge in [0.1, 0.15) is 12.1 Å². The van der Waals surface area contributed by atoms with Crippen LogP contribution in [0.25, 0.3) is 0 Å². The SMILES string of the molecule is CCOC(=O)Oc1ccc(C([C@H](N)C(=O)O)[C@@H](C)[C@@H](C)OC(=O)C(C)C)cc1OC(=O)OCC.Cl. The lowest BCUT2D eigenvalue weighted by Gasteiger charge is -2.32. The van der Waals surface area contributed by atoms with Crippen LogP contribution in [-0.2, 0) is 23.8 Å². The molecule has 3 N–H and O–H groups in total. The van der Waals surface area contributed by atoms with Gasteiger partial charge in [-0.05, 0) is 38.5 Å². The number of halogens is 1. The molecule has 4 atom stereocenters. The van der Waals surface area contributed by atoms with Crippen molar-refractivity contribution in [1.29, 1.82) is 0 Å². The lowest BCUT2D eigenvalue weighted by atomic mass is 9.79. The summed E-state index contributed by atoms with van der Waals surface area (Å²) in [4.78, 5) is 47.6. The first-order valence-corrected chi connectivity index (χ1v) is 10.9. The van der Waals surface area contributed by atoms with E-state index in [0.717, 1.165) is 0 Å². The van der Waals surface area contributed by atoms with Crippen molar-refractivity contribution in [2.75, 3.05) is 13.2 Å². The fourth-order valence-corrected chi connectivity index (χ4v) is 3.08. The van der Waals surface area contributed by atoms with Crippen molar-refractivity contribution in [3.05, 3.63) is 23.8 Å².